The van der Waals surface area contributed by atoms with Gasteiger partial charge in [0.1, 0.15) is 18.2 Å². The van der Waals surface area contributed by atoms with Crippen molar-refractivity contribution in [1.29, 1.82) is 0 Å². The standard InChI is InChI=1S/C6H11NO5/c8-2-1-7-3(6(11)12)5(10)4(2)9/h2-5,7-10H,1H2,(H,11,12)/t2-,3-,4+,5-/m0/s1. The van der Waals surface area contributed by atoms with Crippen LogP contribution in [0.4, 0.5) is 0 Å². The summed E-state index contributed by atoms with van der Waals surface area (Å²) < 4.78 is 0. The molecule has 1 saturated heterocycles. The lowest BCUT2D eigenvalue weighted by Gasteiger charge is -2.33. The van der Waals surface area contributed by atoms with Crippen molar-refractivity contribution in [3.63, 3.8) is 0 Å². The fraction of sp³-hybridized carbons (Fsp3) is 0.833. The third kappa shape index (κ3) is 1.56. The van der Waals surface area contributed by atoms with Crippen LogP contribution in [0.5, 0.6) is 0 Å². The summed E-state index contributed by atoms with van der Waals surface area (Å²) in [5.74, 6) is -1.24. The van der Waals surface area contributed by atoms with Crippen LogP contribution >= 0.6 is 0 Å². The van der Waals surface area contributed by atoms with Crippen molar-refractivity contribution in [1.82, 2.24) is 5.32 Å². The number of carboxylic acid groups (broad SMARTS) is 1. The van der Waals surface area contributed by atoms with Gasteiger partial charge in [0.15, 0.2) is 0 Å². The van der Waals surface area contributed by atoms with E-state index in [1.54, 1.807) is 0 Å². The highest BCUT2D eigenvalue weighted by molar-refractivity contribution is 5.74. The Morgan fingerprint density at radius 3 is 2.33 bits per heavy atom. The van der Waals surface area contributed by atoms with Crippen LogP contribution < -0.4 is 5.32 Å². The van der Waals surface area contributed by atoms with Crippen molar-refractivity contribution in [3.8, 4) is 0 Å². The Morgan fingerprint density at radius 1 is 1.25 bits per heavy atom. The zero-order valence-corrected chi connectivity index (χ0v) is 6.21. The molecule has 1 aliphatic rings. The second-order valence-electron chi connectivity index (χ2n) is 2.77. The Balaban J connectivity index is 2.65. The normalized spacial score (nSPS) is 42.6. The topological polar surface area (TPSA) is 110 Å². The smallest absolute Gasteiger partial charge is 0.323 e. The number of β-amino-alcohol motifs (C(OH)–C–C–N with tert-alkyl or cyclic N) is 1. The van der Waals surface area contributed by atoms with E-state index in [0.717, 1.165) is 0 Å². The van der Waals surface area contributed by atoms with Crippen LogP contribution in [0.3, 0.4) is 0 Å². The van der Waals surface area contributed by atoms with Crippen LogP contribution in [0.2, 0.25) is 0 Å². The number of nitrogens with one attached hydrogen (secondary N) is 1. The Morgan fingerprint density at radius 2 is 1.83 bits per heavy atom. The molecule has 6 nitrogen and oxygen atoms in total. The lowest BCUT2D eigenvalue weighted by molar-refractivity contribution is -0.152. The molecule has 0 aromatic carbocycles. The highest BCUT2D eigenvalue weighted by Crippen LogP contribution is 2.10. The molecule has 0 aromatic heterocycles. The highest BCUT2D eigenvalue weighted by atomic mass is 16.4. The van der Waals surface area contributed by atoms with Gasteiger partial charge in [0.05, 0.1) is 6.10 Å². The molecule has 0 amide bonds. The molecule has 0 bridgehead atoms. The quantitative estimate of drug-likeness (QED) is 0.294. The van der Waals surface area contributed by atoms with Crippen molar-refractivity contribution >= 4 is 5.97 Å². The van der Waals surface area contributed by atoms with E-state index in [1.807, 2.05) is 0 Å². The van der Waals surface area contributed by atoms with Gasteiger partial charge in [-0.25, -0.2) is 0 Å². The van der Waals surface area contributed by atoms with Crippen LogP contribution in [0.15, 0.2) is 0 Å². The summed E-state index contributed by atoms with van der Waals surface area (Å²) in [6.45, 7) is -0.0325. The average Bonchev–Trinajstić information content (AvgIpc) is 2.00. The summed E-state index contributed by atoms with van der Waals surface area (Å²) in [6.07, 6.45) is -3.98. The van der Waals surface area contributed by atoms with E-state index in [0.29, 0.717) is 0 Å². The van der Waals surface area contributed by atoms with Crippen LogP contribution in [0, 0.1) is 0 Å². The maximum atomic E-state index is 10.4. The number of hydrogen-bond donors (Lipinski definition) is 5. The first-order chi connectivity index (χ1) is 5.54. The molecule has 70 valence electrons. The molecule has 0 aromatic rings. The largest absolute Gasteiger partial charge is 0.480 e. The molecular formula is C6H11NO5. The van der Waals surface area contributed by atoms with Gasteiger partial charge in [0, 0.05) is 6.54 Å². The number of carboxylic acids is 1. The van der Waals surface area contributed by atoms with Gasteiger partial charge in [-0.2, -0.15) is 0 Å². The first-order valence-corrected chi connectivity index (χ1v) is 3.54. The van der Waals surface area contributed by atoms with Gasteiger partial charge >= 0.3 is 5.97 Å². The molecule has 0 radical (unpaired) electrons. The van der Waals surface area contributed by atoms with Crippen LogP contribution in [0.25, 0.3) is 0 Å². The molecule has 0 spiro atoms. The van der Waals surface area contributed by atoms with Gasteiger partial charge in [0.2, 0.25) is 0 Å². The monoisotopic (exact) mass is 177 g/mol. The van der Waals surface area contributed by atoms with Crippen molar-refractivity contribution in [2.45, 2.75) is 24.4 Å². The first kappa shape index (κ1) is 9.40. The van der Waals surface area contributed by atoms with Gasteiger partial charge in [-0.1, -0.05) is 0 Å². The van der Waals surface area contributed by atoms with Gasteiger partial charge in [-0.05, 0) is 0 Å². The number of aliphatic carboxylic acids is 1. The predicted octanol–water partition coefficient (Wildman–Crippen LogP) is -2.87. The zero-order valence-electron chi connectivity index (χ0n) is 6.21. The summed E-state index contributed by atoms with van der Waals surface area (Å²) in [5, 5.41) is 38.1. The molecule has 0 saturated carbocycles. The van der Waals surface area contributed by atoms with Crippen LogP contribution in [0.1, 0.15) is 0 Å². The summed E-state index contributed by atoms with van der Waals surface area (Å²) in [7, 11) is 0. The number of hydrogen-bond acceptors (Lipinski definition) is 5. The summed E-state index contributed by atoms with van der Waals surface area (Å²) >= 11 is 0. The molecule has 4 atom stereocenters. The minimum absolute atomic E-state index is 0.0325. The molecular weight excluding hydrogens is 166 g/mol. The van der Waals surface area contributed by atoms with Crippen molar-refractivity contribution in [2.75, 3.05) is 6.54 Å². The Hall–Kier alpha value is -0.690. The predicted molar refractivity (Wildman–Crippen MR) is 37.4 cm³/mol. The van der Waals surface area contributed by atoms with Gasteiger partial charge < -0.3 is 20.4 Å². The fourth-order valence-corrected chi connectivity index (χ4v) is 1.15. The molecule has 0 unspecified atom stereocenters. The molecule has 0 aliphatic carbocycles. The maximum Gasteiger partial charge on any atom is 0.323 e. The zero-order chi connectivity index (χ0) is 9.30. The van der Waals surface area contributed by atoms with Crippen molar-refractivity contribution in [2.24, 2.45) is 0 Å². The van der Waals surface area contributed by atoms with Gasteiger partial charge in [-0.3, -0.25) is 10.1 Å². The van der Waals surface area contributed by atoms with Crippen LogP contribution in [-0.2, 0) is 4.79 Å². The first-order valence-electron chi connectivity index (χ1n) is 3.54. The van der Waals surface area contributed by atoms with E-state index in [-0.39, 0.29) is 6.54 Å². The molecule has 1 fully saturated rings. The minimum Gasteiger partial charge on any atom is -0.480 e. The lowest BCUT2D eigenvalue weighted by atomic mass is 9.96. The molecule has 1 rings (SSSR count). The third-order valence-corrected chi connectivity index (χ3v) is 1.90. The molecule has 1 heterocycles. The van der Waals surface area contributed by atoms with E-state index < -0.39 is 30.3 Å². The molecule has 5 N–H and O–H groups in total. The molecule has 1 aliphatic heterocycles. The van der Waals surface area contributed by atoms with Crippen LogP contribution in [-0.4, -0.2) is 57.3 Å². The minimum atomic E-state index is -1.47. The highest BCUT2D eigenvalue weighted by Gasteiger charge is 2.39. The van der Waals surface area contributed by atoms with E-state index >= 15 is 0 Å². The molecule has 6 heteroatoms. The van der Waals surface area contributed by atoms with E-state index in [1.165, 1.54) is 0 Å². The number of carbonyl (C=O) groups is 1. The van der Waals surface area contributed by atoms with E-state index in [4.69, 9.17) is 20.4 Å². The third-order valence-electron chi connectivity index (χ3n) is 1.90. The number of rotatable bonds is 1. The van der Waals surface area contributed by atoms with Gasteiger partial charge in [0.25, 0.3) is 0 Å². The number of piperidine rings is 1. The average molecular weight is 177 g/mol. The lowest BCUT2D eigenvalue weighted by Crippen LogP contribution is -2.62. The fourth-order valence-electron chi connectivity index (χ4n) is 1.15. The SMILES string of the molecule is O=C(O)[C@H]1NC[C@H](O)[C@@H](O)[C@H]1O. The number of aliphatic hydroxyl groups is 3. The second-order valence-corrected chi connectivity index (χ2v) is 2.77. The Bertz CT molecular complexity index is 185. The number of aliphatic hydroxyl groups excluding tert-OH is 3. The van der Waals surface area contributed by atoms with Gasteiger partial charge in [-0.15, -0.1) is 0 Å². The summed E-state index contributed by atoms with van der Waals surface area (Å²) in [5.41, 5.74) is 0. The van der Waals surface area contributed by atoms with E-state index in [2.05, 4.69) is 5.32 Å². The molecule has 12 heavy (non-hydrogen) atoms. The maximum absolute atomic E-state index is 10.4. The van der Waals surface area contributed by atoms with Crippen molar-refractivity contribution < 1.29 is 25.2 Å². The summed E-state index contributed by atoms with van der Waals surface area (Å²) in [6, 6.07) is -1.21. The van der Waals surface area contributed by atoms with E-state index in [9.17, 15) is 4.79 Å². The summed E-state index contributed by atoms with van der Waals surface area (Å²) in [4.78, 5) is 10.4. The van der Waals surface area contributed by atoms with Crippen molar-refractivity contribution in [3.05, 3.63) is 0 Å². The second kappa shape index (κ2) is 3.36. The Kier molecular flexibility index (Phi) is 2.63. The Labute approximate surface area is 68.4 Å².